The van der Waals surface area contributed by atoms with Gasteiger partial charge in [0, 0.05) is 12.8 Å². The molecule has 41 heavy (non-hydrogen) atoms. The first kappa shape index (κ1) is 28.5. The van der Waals surface area contributed by atoms with Crippen LogP contribution in [0.2, 0.25) is 0 Å². The van der Waals surface area contributed by atoms with Crippen LogP contribution in [-0.2, 0) is 25.9 Å². The molecule has 2 aliphatic heterocycles. The molecular formula is C30H33FN4O5S. The number of anilines is 2. The number of nitrogens with one attached hydrogen (secondary N) is 1. The summed E-state index contributed by atoms with van der Waals surface area (Å²) in [5.41, 5.74) is 2.04. The third-order valence-electron chi connectivity index (χ3n) is 7.18. The van der Waals surface area contributed by atoms with Crippen molar-refractivity contribution >= 4 is 33.3 Å². The second-order valence-electron chi connectivity index (χ2n) is 11.4. The van der Waals surface area contributed by atoms with Crippen LogP contribution in [0.4, 0.5) is 20.7 Å². The maximum atomic E-state index is 13.8. The van der Waals surface area contributed by atoms with Gasteiger partial charge in [-0.3, -0.25) is 9.69 Å². The predicted molar refractivity (Wildman–Crippen MR) is 153 cm³/mol. The van der Waals surface area contributed by atoms with Gasteiger partial charge < -0.3 is 15.0 Å². The molecule has 2 aromatic carbocycles. The monoisotopic (exact) mass is 580 g/mol. The second kappa shape index (κ2) is 10.8. The van der Waals surface area contributed by atoms with Crippen molar-refractivity contribution in [3.05, 3.63) is 83.3 Å². The Labute approximate surface area is 239 Å². The van der Waals surface area contributed by atoms with Gasteiger partial charge in [0.15, 0.2) is 9.84 Å². The molecule has 216 valence electrons. The minimum Gasteiger partial charge on any atom is -0.444 e. The van der Waals surface area contributed by atoms with Crippen LogP contribution in [0.1, 0.15) is 62.4 Å². The highest BCUT2D eigenvalue weighted by molar-refractivity contribution is 7.90. The Morgan fingerprint density at radius 2 is 1.88 bits per heavy atom. The van der Waals surface area contributed by atoms with Crippen molar-refractivity contribution < 1.29 is 27.1 Å². The number of hydrogen-bond donors (Lipinski definition) is 1. The molecule has 0 aliphatic carbocycles. The third kappa shape index (κ3) is 6.19. The van der Waals surface area contributed by atoms with E-state index in [9.17, 15) is 22.4 Å². The summed E-state index contributed by atoms with van der Waals surface area (Å²) in [7, 11) is -3.48. The van der Waals surface area contributed by atoms with E-state index in [2.05, 4.69) is 15.2 Å². The lowest BCUT2D eigenvalue weighted by atomic mass is 10.0. The normalized spacial score (nSPS) is 18.8. The molecular weight excluding hydrogens is 547 g/mol. The highest BCUT2D eigenvalue weighted by Gasteiger charge is 2.41. The average molecular weight is 581 g/mol. The van der Waals surface area contributed by atoms with Crippen LogP contribution >= 0.6 is 0 Å². The van der Waals surface area contributed by atoms with Crippen LogP contribution in [0.15, 0.2) is 65.7 Å². The highest BCUT2D eigenvalue weighted by Crippen LogP contribution is 2.38. The molecule has 11 heteroatoms. The Hall–Kier alpha value is -3.99. The molecule has 2 atom stereocenters. The molecule has 0 bridgehead atoms. The summed E-state index contributed by atoms with van der Waals surface area (Å²) in [6.45, 7) is 6.02. The van der Waals surface area contributed by atoms with Gasteiger partial charge in [0.05, 0.1) is 29.4 Å². The Kier molecular flexibility index (Phi) is 7.50. The number of hydrogen-bond acceptors (Lipinski definition) is 7. The number of halogens is 1. The van der Waals surface area contributed by atoms with E-state index < -0.39 is 33.5 Å². The van der Waals surface area contributed by atoms with Crippen molar-refractivity contribution in [3.63, 3.8) is 0 Å². The number of fused-ring (bicyclic) bond motifs is 1. The van der Waals surface area contributed by atoms with Crippen LogP contribution in [-0.4, -0.2) is 48.7 Å². The quantitative estimate of drug-likeness (QED) is 0.431. The summed E-state index contributed by atoms with van der Waals surface area (Å²) in [6.07, 6.45) is 3.94. The van der Waals surface area contributed by atoms with E-state index in [1.807, 2.05) is 12.1 Å². The molecule has 9 nitrogen and oxygen atoms in total. The zero-order valence-electron chi connectivity index (χ0n) is 23.4. The molecule has 1 aromatic heterocycles. The molecule has 2 amide bonds. The number of carbonyl (C=O) groups excluding carboxylic acids is 2. The number of aromatic nitrogens is 1. The topological polar surface area (TPSA) is 109 Å². The van der Waals surface area contributed by atoms with Gasteiger partial charge in [0.25, 0.3) is 5.91 Å². The standard InChI is InChI=1S/C30H33FN4O5S/c1-30(2,3)40-29(37)35-18-20-16-23(41(4,38)39)11-12-24(20)27(35)28(36)33-26-13-10-22(17-32-26)34-14-6-9-25(34)19-7-5-8-21(31)15-19/h5,7-8,10-13,15-17,25,27H,6,9,14,18H2,1-4H3,(H,32,33,36)/t25?,27-/m1/s1. The summed E-state index contributed by atoms with van der Waals surface area (Å²) in [6, 6.07) is 13.6. The Bertz CT molecular complexity index is 1590. The first-order chi connectivity index (χ1) is 19.3. The summed E-state index contributed by atoms with van der Waals surface area (Å²) >= 11 is 0. The maximum Gasteiger partial charge on any atom is 0.411 e. The number of amides is 2. The fourth-order valence-corrected chi connectivity index (χ4v) is 6.06. The van der Waals surface area contributed by atoms with Crippen LogP contribution in [0.25, 0.3) is 0 Å². The molecule has 1 N–H and O–H groups in total. The lowest BCUT2D eigenvalue weighted by Crippen LogP contribution is -2.40. The molecule has 0 spiro atoms. The van der Waals surface area contributed by atoms with Gasteiger partial charge >= 0.3 is 6.09 Å². The van der Waals surface area contributed by atoms with Gasteiger partial charge in [-0.1, -0.05) is 18.2 Å². The molecule has 2 aliphatic rings. The summed E-state index contributed by atoms with van der Waals surface area (Å²) in [5.74, 6) is -0.474. The smallest absolute Gasteiger partial charge is 0.411 e. The van der Waals surface area contributed by atoms with Gasteiger partial charge in [-0.15, -0.1) is 0 Å². The van der Waals surface area contributed by atoms with Gasteiger partial charge in [-0.05, 0) is 86.7 Å². The number of rotatable bonds is 5. The average Bonchev–Trinajstić information content (AvgIpc) is 3.53. The van der Waals surface area contributed by atoms with Gasteiger partial charge in [-0.2, -0.15) is 0 Å². The lowest BCUT2D eigenvalue weighted by Gasteiger charge is -2.28. The zero-order chi connectivity index (χ0) is 29.5. The minimum atomic E-state index is -3.48. The summed E-state index contributed by atoms with van der Waals surface area (Å²) in [4.78, 5) is 34.7. The van der Waals surface area contributed by atoms with Crippen molar-refractivity contribution in [1.82, 2.24) is 9.88 Å². The zero-order valence-corrected chi connectivity index (χ0v) is 24.2. The van der Waals surface area contributed by atoms with E-state index in [1.165, 1.54) is 23.1 Å². The van der Waals surface area contributed by atoms with Crippen LogP contribution in [0.5, 0.6) is 0 Å². The number of ether oxygens (including phenoxy) is 1. The first-order valence-corrected chi connectivity index (χ1v) is 15.3. The van der Waals surface area contributed by atoms with E-state index in [-0.39, 0.29) is 23.3 Å². The van der Waals surface area contributed by atoms with E-state index in [4.69, 9.17) is 4.74 Å². The summed E-state index contributed by atoms with van der Waals surface area (Å²) in [5, 5.41) is 2.80. The number of benzene rings is 2. The van der Waals surface area contributed by atoms with Crippen LogP contribution in [0, 0.1) is 5.82 Å². The van der Waals surface area contributed by atoms with Gasteiger partial charge in [-0.25, -0.2) is 22.6 Å². The van der Waals surface area contributed by atoms with Crippen molar-refractivity contribution in [2.24, 2.45) is 0 Å². The highest BCUT2D eigenvalue weighted by atomic mass is 32.2. The van der Waals surface area contributed by atoms with Crippen molar-refractivity contribution in [2.45, 2.75) is 62.7 Å². The molecule has 5 rings (SSSR count). The van der Waals surface area contributed by atoms with E-state index >= 15 is 0 Å². The largest absolute Gasteiger partial charge is 0.444 e. The second-order valence-corrected chi connectivity index (χ2v) is 13.5. The molecule has 0 radical (unpaired) electrons. The summed E-state index contributed by atoms with van der Waals surface area (Å²) < 4.78 is 43.6. The molecule has 3 aromatic rings. The molecule has 1 fully saturated rings. The van der Waals surface area contributed by atoms with E-state index in [1.54, 1.807) is 51.2 Å². The first-order valence-electron chi connectivity index (χ1n) is 13.4. The Balaban J connectivity index is 1.37. The van der Waals surface area contributed by atoms with Crippen LogP contribution in [0.3, 0.4) is 0 Å². The minimum absolute atomic E-state index is 0.0223. The fourth-order valence-electron chi connectivity index (χ4n) is 5.39. The van der Waals surface area contributed by atoms with Crippen molar-refractivity contribution in [3.8, 4) is 0 Å². The van der Waals surface area contributed by atoms with Crippen molar-refractivity contribution in [1.29, 1.82) is 0 Å². The SMILES string of the molecule is CC(C)(C)OC(=O)N1Cc2cc(S(C)(=O)=O)ccc2[C@@H]1C(=O)Nc1ccc(N2CCCC2c2cccc(F)c2)cn1. The van der Waals surface area contributed by atoms with Gasteiger partial charge in [0.2, 0.25) is 0 Å². The maximum absolute atomic E-state index is 13.8. The van der Waals surface area contributed by atoms with E-state index in [0.29, 0.717) is 16.9 Å². The Morgan fingerprint density at radius 3 is 2.54 bits per heavy atom. The molecule has 3 heterocycles. The Morgan fingerprint density at radius 1 is 1.10 bits per heavy atom. The number of sulfone groups is 1. The number of carbonyl (C=O) groups is 2. The predicted octanol–water partition coefficient (Wildman–Crippen LogP) is 5.40. The number of pyridine rings is 1. The molecule has 1 unspecified atom stereocenters. The van der Waals surface area contributed by atoms with Gasteiger partial charge in [0.1, 0.15) is 23.3 Å². The van der Waals surface area contributed by atoms with Crippen LogP contribution < -0.4 is 10.2 Å². The molecule has 1 saturated heterocycles. The van der Waals surface area contributed by atoms with E-state index in [0.717, 1.165) is 36.9 Å². The third-order valence-corrected chi connectivity index (χ3v) is 8.29. The molecule has 0 saturated carbocycles. The lowest BCUT2D eigenvalue weighted by molar-refractivity contribution is -0.121. The fraction of sp³-hybridized carbons (Fsp3) is 0.367. The van der Waals surface area contributed by atoms with Crippen molar-refractivity contribution in [2.75, 3.05) is 23.0 Å². The number of nitrogens with zero attached hydrogens (tertiary/aromatic N) is 3.